The zero-order valence-corrected chi connectivity index (χ0v) is 8.73. The zero-order chi connectivity index (χ0) is 10.8. The van der Waals surface area contributed by atoms with Crippen LogP contribution in [0.5, 0.6) is 0 Å². The van der Waals surface area contributed by atoms with E-state index in [9.17, 15) is 4.79 Å². The fraction of sp³-hybridized carbons (Fsp3) is 0.417. The Bertz CT molecular complexity index is 376. The number of nitrogens with one attached hydrogen (secondary N) is 1. The first-order chi connectivity index (χ1) is 7.18. The summed E-state index contributed by atoms with van der Waals surface area (Å²) in [4.78, 5) is 10.6. The molecule has 0 saturated carbocycles. The van der Waals surface area contributed by atoms with Crippen molar-refractivity contribution in [3.05, 3.63) is 35.4 Å². The lowest BCUT2D eigenvalue weighted by Gasteiger charge is -2.30. The molecule has 1 aromatic rings. The van der Waals surface area contributed by atoms with Crippen LogP contribution in [-0.2, 0) is 11.2 Å². The Morgan fingerprint density at radius 1 is 1.60 bits per heavy atom. The molecule has 1 aliphatic carbocycles. The molecule has 3 nitrogen and oxygen atoms in total. The molecule has 0 aliphatic heterocycles. The predicted octanol–water partition coefficient (Wildman–Crippen LogP) is 1.39. The predicted molar refractivity (Wildman–Crippen MR) is 58.0 cm³/mol. The van der Waals surface area contributed by atoms with E-state index in [-0.39, 0.29) is 0 Å². The van der Waals surface area contributed by atoms with E-state index in [0.29, 0.717) is 5.92 Å². The number of benzene rings is 1. The highest BCUT2D eigenvalue weighted by Gasteiger charge is 2.25. The summed E-state index contributed by atoms with van der Waals surface area (Å²) >= 11 is 0. The quantitative estimate of drug-likeness (QED) is 0.781. The molecule has 1 aliphatic rings. The molecule has 1 unspecified atom stereocenters. The van der Waals surface area contributed by atoms with Gasteiger partial charge in [-0.1, -0.05) is 24.3 Å². The molecule has 2 rings (SSSR count). The number of carbonyl (C=O) groups is 1. The van der Waals surface area contributed by atoms with Crippen LogP contribution in [0.15, 0.2) is 24.3 Å². The maximum Gasteiger partial charge on any atom is 0.320 e. The Balaban J connectivity index is 1.87. The van der Waals surface area contributed by atoms with E-state index in [2.05, 4.69) is 17.4 Å². The molecule has 2 atom stereocenters. The monoisotopic (exact) mass is 205 g/mol. The molecule has 0 heterocycles. The van der Waals surface area contributed by atoms with Gasteiger partial charge in [-0.15, -0.1) is 0 Å². The summed E-state index contributed by atoms with van der Waals surface area (Å²) in [6.07, 6.45) is 1.06. The molecule has 80 valence electrons. The largest absolute Gasteiger partial charge is 0.480 e. The van der Waals surface area contributed by atoms with Crippen LogP contribution in [0.1, 0.15) is 24.0 Å². The van der Waals surface area contributed by atoms with E-state index in [4.69, 9.17) is 5.11 Å². The van der Waals surface area contributed by atoms with Crippen LogP contribution in [0.2, 0.25) is 0 Å². The summed E-state index contributed by atoms with van der Waals surface area (Å²) < 4.78 is 0. The summed E-state index contributed by atoms with van der Waals surface area (Å²) in [6, 6.07) is 7.87. The van der Waals surface area contributed by atoms with E-state index >= 15 is 0 Å². The minimum Gasteiger partial charge on any atom is -0.480 e. The molecule has 0 fully saturated rings. The van der Waals surface area contributed by atoms with Crippen LogP contribution in [-0.4, -0.2) is 23.7 Å². The van der Waals surface area contributed by atoms with Crippen molar-refractivity contribution in [1.82, 2.24) is 5.32 Å². The van der Waals surface area contributed by atoms with Crippen molar-refractivity contribution in [2.75, 3.05) is 6.54 Å². The van der Waals surface area contributed by atoms with Crippen molar-refractivity contribution >= 4 is 5.97 Å². The number of hydrogen-bond acceptors (Lipinski definition) is 2. The van der Waals surface area contributed by atoms with Gasteiger partial charge in [-0.2, -0.15) is 0 Å². The van der Waals surface area contributed by atoms with E-state index in [1.54, 1.807) is 6.92 Å². The third-order valence-corrected chi connectivity index (χ3v) is 3.00. The van der Waals surface area contributed by atoms with Gasteiger partial charge in [0.1, 0.15) is 6.04 Å². The second kappa shape index (κ2) is 4.03. The Labute approximate surface area is 89.1 Å². The molecule has 0 radical (unpaired) electrons. The lowest BCUT2D eigenvalue weighted by molar-refractivity contribution is -0.139. The van der Waals surface area contributed by atoms with Gasteiger partial charge >= 0.3 is 5.97 Å². The highest BCUT2D eigenvalue weighted by molar-refractivity contribution is 5.72. The van der Waals surface area contributed by atoms with Gasteiger partial charge in [0.2, 0.25) is 0 Å². The molecule has 3 heteroatoms. The van der Waals surface area contributed by atoms with Crippen LogP contribution in [0.3, 0.4) is 0 Å². The van der Waals surface area contributed by atoms with Crippen LogP contribution in [0, 0.1) is 0 Å². The van der Waals surface area contributed by atoms with E-state index in [1.807, 2.05) is 12.1 Å². The summed E-state index contributed by atoms with van der Waals surface area (Å²) in [5.41, 5.74) is 2.76. The highest BCUT2D eigenvalue weighted by Crippen LogP contribution is 2.33. The number of fused-ring (bicyclic) bond motifs is 1. The molecule has 1 aromatic carbocycles. The average molecular weight is 205 g/mol. The molecule has 0 spiro atoms. The first kappa shape index (κ1) is 10.2. The van der Waals surface area contributed by atoms with Gasteiger partial charge in [0.05, 0.1) is 0 Å². The van der Waals surface area contributed by atoms with Crippen molar-refractivity contribution in [2.24, 2.45) is 0 Å². The van der Waals surface area contributed by atoms with Crippen molar-refractivity contribution in [2.45, 2.75) is 25.3 Å². The Morgan fingerprint density at radius 2 is 2.33 bits per heavy atom. The summed E-state index contributed by atoms with van der Waals surface area (Å²) in [5, 5.41) is 11.7. The van der Waals surface area contributed by atoms with Crippen molar-refractivity contribution in [3.8, 4) is 0 Å². The Morgan fingerprint density at radius 3 is 3.00 bits per heavy atom. The SMILES string of the molecule is C[C@H](NCC1Cc2ccccc21)C(=O)O. The normalized spacial score (nSPS) is 20.2. The molecule has 0 amide bonds. The highest BCUT2D eigenvalue weighted by atomic mass is 16.4. The van der Waals surface area contributed by atoms with Crippen molar-refractivity contribution in [3.63, 3.8) is 0 Å². The molecule has 2 N–H and O–H groups in total. The first-order valence-corrected chi connectivity index (χ1v) is 5.22. The van der Waals surface area contributed by atoms with Crippen molar-refractivity contribution < 1.29 is 9.90 Å². The maximum absolute atomic E-state index is 10.6. The fourth-order valence-corrected chi connectivity index (χ4v) is 1.95. The third kappa shape index (κ3) is 2.02. The number of carboxylic acids is 1. The van der Waals surface area contributed by atoms with Gasteiger partial charge in [-0.25, -0.2) is 0 Å². The average Bonchev–Trinajstić information content (AvgIpc) is 2.19. The number of hydrogen-bond donors (Lipinski definition) is 2. The number of aliphatic carboxylic acids is 1. The molecule has 0 aromatic heterocycles. The molecule has 0 bridgehead atoms. The van der Waals surface area contributed by atoms with Crippen molar-refractivity contribution in [1.29, 1.82) is 0 Å². The Hall–Kier alpha value is -1.35. The lowest BCUT2D eigenvalue weighted by Crippen LogP contribution is -2.38. The topological polar surface area (TPSA) is 49.3 Å². The molecule has 15 heavy (non-hydrogen) atoms. The summed E-state index contributed by atoms with van der Waals surface area (Å²) in [7, 11) is 0. The molecule has 0 saturated heterocycles. The van der Waals surface area contributed by atoms with Gasteiger partial charge in [0.15, 0.2) is 0 Å². The summed E-state index contributed by atoms with van der Waals surface area (Å²) in [5.74, 6) is -0.300. The zero-order valence-electron chi connectivity index (χ0n) is 8.73. The van der Waals surface area contributed by atoms with Crippen LogP contribution >= 0.6 is 0 Å². The van der Waals surface area contributed by atoms with Crippen LogP contribution < -0.4 is 5.32 Å². The van der Waals surface area contributed by atoms with E-state index in [0.717, 1.165) is 13.0 Å². The number of rotatable bonds is 4. The second-order valence-electron chi connectivity index (χ2n) is 4.07. The smallest absolute Gasteiger partial charge is 0.320 e. The maximum atomic E-state index is 10.6. The lowest BCUT2D eigenvalue weighted by atomic mass is 9.77. The van der Waals surface area contributed by atoms with Gasteiger partial charge < -0.3 is 10.4 Å². The first-order valence-electron chi connectivity index (χ1n) is 5.22. The van der Waals surface area contributed by atoms with E-state index in [1.165, 1.54) is 11.1 Å². The fourth-order valence-electron chi connectivity index (χ4n) is 1.95. The van der Waals surface area contributed by atoms with Gasteiger partial charge in [0.25, 0.3) is 0 Å². The van der Waals surface area contributed by atoms with Crippen LogP contribution in [0.4, 0.5) is 0 Å². The third-order valence-electron chi connectivity index (χ3n) is 3.00. The van der Waals surface area contributed by atoms with Gasteiger partial charge in [0, 0.05) is 12.5 Å². The van der Waals surface area contributed by atoms with E-state index < -0.39 is 12.0 Å². The number of carboxylic acid groups (broad SMARTS) is 1. The summed E-state index contributed by atoms with van der Waals surface area (Å²) in [6.45, 7) is 2.43. The molecular weight excluding hydrogens is 190 g/mol. The van der Waals surface area contributed by atoms with Gasteiger partial charge in [-0.3, -0.25) is 4.79 Å². The van der Waals surface area contributed by atoms with Gasteiger partial charge in [-0.05, 0) is 24.5 Å². The standard InChI is InChI=1S/C12H15NO2/c1-8(12(14)15)13-7-10-6-9-4-2-3-5-11(9)10/h2-5,8,10,13H,6-7H2,1H3,(H,14,15)/t8-,10?/m0/s1. The minimum atomic E-state index is -0.789. The van der Waals surface area contributed by atoms with Crippen LogP contribution in [0.25, 0.3) is 0 Å². The second-order valence-corrected chi connectivity index (χ2v) is 4.07. The minimum absolute atomic E-state index is 0.460. The Kier molecular flexibility index (Phi) is 2.73. The molecular formula is C12H15NO2.